The van der Waals surface area contributed by atoms with E-state index in [1.165, 1.54) is 0 Å². The first-order chi connectivity index (χ1) is 7.02. The van der Waals surface area contributed by atoms with Gasteiger partial charge in [-0.25, -0.2) is 0 Å². The van der Waals surface area contributed by atoms with Gasteiger partial charge < -0.3 is 4.74 Å². The quantitative estimate of drug-likeness (QED) is 0.576. The fourth-order valence-corrected chi connectivity index (χ4v) is 1.69. The minimum atomic E-state index is -1.69. The Hall–Kier alpha value is -2.08. The van der Waals surface area contributed by atoms with Gasteiger partial charge in [-0.15, -0.1) is 0 Å². The van der Waals surface area contributed by atoms with E-state index < -0.39 is 23.0 Å². The van der Waals surface area contributed by atoms with Crippen LogP contribution in [0.4, 0.5) is 0 Å². The third-order valence-corrected chi connectivity index (χ3v) is 3.02. The van der Waals surface area contributed by atoms with Crippen molar-refractivity contribution in [3.05, 3.63) is 0 Å². The highest BCUT2D eigenvalue weighted by Gasteiger charge is 2.61. The molecule has 0 aliphatic carbocycles. The van der Waals surface area contributed by atoms with Crippen LogP contribution >= 0.6 is 0 Å². The molecule has 1 saturated heterocycles. The minimum Gasteiger partial charge on any atom is -0.312 e. The van der Waals surface area contributed by atoms with Crippen LogP contribution in [0.5, 0.6) is 0 Å². The zero-order chi connectivity index (χ0) is 11.7. The number of nitrogens with zero attached hydrogens (tertiary/aromatic N) is 4. The molecule has 1 aliphatic rings. The lowest BCUT2D eigenvalue weighted by atomic mass is 9.79. The second-order valence-electron chi connectivity index (χ2n) is 3.60. The minimum absolute atomic E-state index is 0.480. The molecular weight excluding hydrogens is 192 g/mol. The van der Waals surface area contributed by atoms with E-state index in [1.54, 1.807) is 38.1 Å². The third-order valence-electron chi connectivity index (χ3n) is 3.02. The summed E-state index contributed by atoms with van der Waals surface area (Å²) >= 11 is 0. The van der Waals surface area contributed by atoms with Crippen LogP contribution in [0.3, 0.4) is 0 Å². The highest BCUT2D eigenvalue weighted by molar-refractivity contribution is 5.34. The lowest BCUT2D eigenvalue weighted by molar-refractivity contribution is 0.00657. The Morgan fingerprint density at radius 3 is 1.20 bits per heavy atom. The van der Waals surface area contributed by atoms with Crippen LogP contribution in [0.15, 0.2) is 0 Å². The Bertz CT molecular complexity index is 372. The Morgan fingerprint density at radius 2 is 1.07 bits per heavy atom. The van der Waals surface area contributed by atoms with Crippen LogP contribution in [0, 0.1) is 57.2 Å². The zero-order valence-electron chi connectivity index (χ0n) is 8.35. The molecule has 0 N–H and O–H groups in total. The van der Waals surface area contributed by atoms with Crippen molar-refractivity contribution < 1.29 is 4.74 Å². The molecule has 0 radical (unpaired) electrons. The third kappa shape index (κ3) is 1.15. The first kappa shape index (κ1) is 11.0. The van der Waals surface area contributed by atoms with E-state index in [-0.39, 0.29) is 0 Å². The maximum Gasteiger partial charge on any atom is 0.246 e. The first-order valence-corrected chi connectivity index (χ1v) is 4.37. The van der Waals surface area contributed by atoms with Gasteiger partial charge in [0.15, 0.2) is 0 Å². The van der Waals surface area contributed by atoms with Crippen molar-refractivity contribution >= 4 is 0 Å². The van der Waals surface area contributed by atoms with Crippen LogP contribution in [0.1, 0.15) is 13.8 Å². The summed E-state index contributed by atoms with van der Waals surface area (Å²) in [6, 6.07) is 6.98. The number of nitriles is 4. The fraction of sp³-hybridized carbons (Fsp3) is 0.600. The first-order valence-electron chi connectivity index (χ1n) is 4.37. The van der Waals surface area contributed by atoms with Crippen molar-refractivity contribution in [2.45, 2.75) is 25.0 Å². The van der Waals surface area contributed by atoms with E-state index in [4.69, 9.17) is 25.8 Å². The van der Waals surface area contributed by atoms with E-state index in [2.05, 4.69) is 0 Å². The molecule has 1 aliphatic heterocycles. The summed E-state index contributed by atoms with van der Waals surface area (Å²) in [5.41, 5.74) is -3.38. The van der Waals surface area contributed by atoms with Gasteiger partial charge in [0, 0.05) is 11.8 Å². The van der Waals surface area contributed by atoms with Crippen molar-refractivity contribution in [3.8, 4) is 24.3 Å². The highest BCUT2D eigenvalue weighted by Crippen LogP contribution is 2.45. The molecule has 15 heavy (non-hydrogen) atoms. The number of hydrogen-bond acceptors (Lipinski definition) is 5. The number of hydrogen-bond donors (Lipinski definition) is 0. The van der Waals surface area contributed by atoms with Crippen molar-refractivity contribution in [2.75, 3.05) is 0 Å². The maximum absolute atomic E-state index is 8.91. The summed E-state index contributed by atoms with van der Waals surface area (Å²) in [6.45, 7) is 3.26. The molecule has 0 amide bonds. The Balaban J connectivity index is 3.32. The summed E-state index contributed by atoms with van der Waals surface area (Å²) < 4.78 is 5.11. The van der Waals surface area contributed by atoms with Gasteiger partial charge in [0.2, 0.25) is 11.2 Å². The predicted octanol–water partition coefficient (Wildman–Crippen LogP) is 0.861. The molecule has 74 valence electrons. The fourth-order valence-electron chi connectivity index (χ4n) is 1.69. The summed E-state index contributed by atoms with van der Waals surface area (Å²) in [6.07, 6.45) is 0. The molecule has 5 nitrogen and oxygen atoms in total. The smallest absolute Gasteiger partial charge is 0.246 e. The summed E-state index contributed by atoms with van der Waals surface area (Å²) in [5, 5.41) is 35.6. The summed E-state index contributed by atoms with van der Waals surface area (Å²) in [4.78, 5) is 0. The molecular formula is C10H8N4O. The van der Waals surface area contributed by atoms with Crippen LogP contribution in [0.2, 0.25) is 0 Å². The largest absolute Gasteiger partial charge is 0.312 e. The van der Waals surface area contributed by atoms with Gasteiger partial charge in [0.25, 0.3) is 0 Å². The van der Waals surface area contributed by atoms with Crippen molar-refractivity contribution in [2.24, 2.45) is 11.8 Å². The van der Waals surface area contributed by atoms with E-state index in [0.29, 0.717) is 0 Å². The standard InChI is InChI=1S/C10H8N4O/c1-7-8(2)10(5-13,6-14)15-9(7,3-11)4-12/h7-8H,1-2H3/t7-,8-/m1/s1. The lowest BCUT2D eigenvalue weighted by Gasteiger charge is -2.16. The van der Waals surface area contributed by atoms with Gasteiger partial charge in [-0.05, 0) is 0 Å². The van der Waals surface area contributed by atoms with Crippen molar-refractivity contribution in [3.63, 3.8) is 0 Å². The van der Waals surface area contributed by atoms with E-state index in [1.807, 2.05) is 0 Å². The molecule has 1 heterocycles. The topological polar surface area (TPSA) is 104 Å². The Kier molecular flexibility index (Phi) is 2.38. The summed E-state index contributed by atoms with van der Waals surface area (Å²) in [5.74, 6) is -0.960. The normalized spacial score (nSPS) is 30.5. The van der Waals surface area contributed by atoms with Crippen LogP contribution in [-0.2, 0) is 4.74 Å². The molecule has 1 rings (SSSR count). The average molecular weight is 200 g/mol. The SMILES string of the molecule is C[C@@H]1[C@@H](C)C(C#N)(C#N)OC1(C#N)C#N. The van der Waals surface area contributed by atoms with E-state index in [9.17, 15) is 0 Å². The monoisotopic (exact) mass is 200 g/mol. The van der Waals surface area contributed by atoms with Gasteiger partial charge in [-0.1, -0.05) is 13.8 Å². The molecule has 1 fully saturated rings. The second kappa shape index (κ2) is 3.25. The van der Waals surface area contributed by atoms with Crippen molar-refractivity contribution in [1.29, 1.82) is 21.0 Å². The molecule has 0 spiro atoms. The molecule has 0 aromatic heterocycles. The Morgan fingerprint density at radius 1 is 0.800 bits per heavy atom. The van der Waals surface area contributed by atoms with E-state index >= 15 is 0 Å². The number of rotatable bonds is 0. The Labute approximate surface area is 87.7 Å². The molecule has 0 aromatic rings. The van der Waals surface area contributed by atoms with E-state index in [0.717, 1.165) is 0 Å². The molecule has 2 atom stereocenters. The zero-order valence-corrected chi connectivity index (χ0v) is 8.35. The number of ether oxygens (including phenoxy) is 1. The van der Waals surface area contributed by atoms with Crippen LogP contribution in [0.25, 0.3) is 0 Å². The van der Waals surface area contributed by atoms with Crippen LogP contribution in [-0.4, -0.2) is 11.2 Å². The second-order valence-corrected chi connectivity index (χ2v) is 3.60. The van der Waals surface area contributed by atoms with Crippen molar-refractivity contribution in [1.82, 2.24) is 0 Å². The van der Waals surface area contributed by atoms with Gasteiger partial charge in [-0.3, -0.25) is 0 Å². The van der Waals surface area contributed by atoms with Gasteiger partial charge in [0.05, 0.1) is 0 Å². The lowest BCUT2D eigenvalue weighted by Crippen LogP contribution is -2.34. The molecule has 0 unspecified atom stereocenters. The maximum atomic E-state index is 8.91. The molecule has 0 bridgehead atoms. The summed E-state index contributed by atoms with van der Waals surface area (Å²) in [7, 11) is 0. The highest BCUT2D eigenvalue weighted by atomic mass is 16.5. The van der Waals surface area contributed by atoms with Gasteiger partial charge in [0.1, 0.15) is 24.3 Å². The predicted molar refractivity (Wildman–Crippen MR) is 47.3 cm³/mol. The van der Waals surface area contributed by atoms with Gasteiger partial charge in [-0.2, -0.15) is 21.0 Å². The van der Waals surface area contributed by atoms with Gasteiger partial charge >= 0.3 is 0 Å². The molecule has 0 saturated carbocycles. The molecule has 5 heteroatoms. The average Bonchev–Trinajstić information content (AvgIpc) is 2.51. The van der Waals surface area contributed by atoms with Crippen LogP contribution < -0.4 is 0 Å². The molecule has 0 aromatic carbocycles.